The molecule has 2 unspecified atom stereocenters. The number of anilines is 1. The van der Waals surface area contributed by atoms with Crippen molar-refractivity contribution in [3.05, 3.63) is 65.7 Å². The van der Waals surface area contributed by atoms with Crippen molar-refractivity contribution in [3.63, 3.8) is 0 Å². The number of carbonyl (C=O) groups is 3. The van der Waals surface area contributed by atoms with Crippen LogP contribution < -0.4 is 10.6 Å². The molecule has 1 aliphatic carbocycles. The molecule has 2 aromatic rings. The molecule has 1 aliphatic heterocycles. The minimum atomic E-state index is -0.609. The number of alkyl carbamates (subject to hydrolysis) is 1. The Balaban J connectivity index is 1.41. The van der Waals surface area contributed by atoms with Crippen molar-refractivity contribution in [2.24, 2.45) is 11.8 Å². The Morgan fingerprint density at radius 3 is 2.26 bits per heavy atom. The molecule has 2 aliphatic rings. The van der Waals surface area contributed by atoms with Crippen LogP contribution in [0.3, 0.4) is 0 Å². The van der Waals surface area contributed by atoms with E-state index in [2.05, 4.69) is 16.7 Å². The van der Waals surface area contributed by atoms with E-state index in [1.54, 1.807) is 29.2 Å². The standard InChI is InChI=1S/C31H38N4O4/c1-31(2,3)39-30(38)33-20-22-9-13-24(14-10-22)29(37)35-18-17-26(23-7-5-4-6-8-23)27(35)28(36)34-25-15-11-21(19-32)12-16-25/h4-8,11-12,15-16,22,24,26-27H,9-10,13-14,17-18,20H2,1-3H3,(H,33,38)(H,34,36). The summed E-state index contributed by atoms with van der Waals surface area (Å²) in [5.41, 5.74) is 1.63. The number of nitrogens with one attached hydrogen (secondary N) is 2. The van der Waals surface area contributed by atoms with Crippen LogP contribution in [-0.4, -0.2) is 47.5 Å². The maximum absolute atomic E-state index is 13.8. The normalized spacial score (nSPS) is 23.0. The lowest BCUT2D eigenvalue weighted by Crippen LogP contribution is -2.48. The number of rotatable bonds is 6. The molecular weight excluding hydrogens is 492 g/mol. The SMILES string of the molecule is CC(C)(C)OC(=O)NCC1CCC(C(=O)N2CCC(c3ccccc3)C2C(=O)Nc2ccc(C#N)cc2)CC1. The summed E-state index contributed by atoms with van der Waals surface area (Å²) in [4.78, 5) is 41.2. The number of hydrogen-bond acceptors (Lipinski definition) is 5. The zero-order valence-corrected chi connectivity index (χ0v) is 23.0. The largest absolute Gasteiger partial charge is 0.444 e. The highest BCUT2D eigenvalue weighted by molar-refractivity contribution is 5.98. The van der Waals surface area contributed by atoms with E-state index in [9.17, 15) is 14.4 Å². The first-order chi connectivity index (χ1) is 18.6. The van der Waals surface area contributed by atoms with Crippen molar-refractivity contribution in [1.82, 2.24) is 10.2 Å². The molecular formula is C31H38N4O4. The van der Waals surface area contributed by atoms with Gasteiger partial charge in [0, 0.05) is 30.6 Å². The van der Waals surface area contributed by atoms with E-state index in [0.29, 0.717) is 30.3 Å². The van der Waals surface area contributed by atoms with Crippen LogP contribution in [0.5, 0.6) is 0 Å². The Labute approximate surface area is 230 Å². The van der Waals surface area contributed by atoms with Gasteiger partial charge in [0.25, 0.3) is 0 Å². The third kappa shape index (κ3) is 7.38. The number of ether oxygens (including phenoxy) is 1. The first kappa shape index (κ1) is 28.2. The fourth-order valence-electron chi connectivity index (χ4n) is 5.65. The van der Waals surface area contributed by atoms with Gasteiger partial charge in [0.1, 0.15) is 11.6 Å². The summed E-state index contributed by atoms with van der Waals surface area (Å²) < 4.78 is 5.33. The number of hydrogen-bond donors (Lipinski definition) is 2. The molecule has 0 bridgehead atoms. The van der Waals surface area contributed by atoms with Crippen LogP contribution in [0.25, 0.3) is 0 Å². The highest BCUT2D eigenvalue weighted by atomic mass is 16.6. The van der Waals surface area contributed by atoms with Gasteiger partial charge in [-0.3, -0.25) is 9.59 Å². The van der Waals surface area contributed by atoms with Gasteiger partial charge < -0.3 is 20.3 Å². The van der Waals surface area contributed by atoms with Crippen molar-refractivity contribution >= 4 is 23.6 Å². The molecule has 1 saturated heterocycles. The fourth-order valence-corrected chi connectivity index (χ4v) is 5.65. The van der Waals surface area contributed by atoms with E-state index >= 15 is 0 Å². The highest BCUT2D eigenvalue weighted by Crippen LogP contribution is 2.38. The highest BCUT2D eigenvalue weighted by Gasteiger charge is 2.44. The predicted molar refractivity (Wildman–Crippen MR) is 149 cm³/mol. The second kappa shape index (κ2) is 12.3. The van der Waals surface area contributed by atoms with Gasteiger partial charge >= 0.3 is 6.09 Å². The van der Waals surface area contributed by atoms with Crippen molar-refractivity contribution in [3.8, 4) is 6.07 Å². The molecule has 8 nitrogen and oxygen atoms in total. The van der Waals surface area contributed by atoms with E-state index < -0.39 is 17.7 Å². The molecule has 2 N–H and O–H groups in total. The lowest BCUT2D eigenvalue weighted by Gasteiger charge is -2.34. The Morgan fingerprint density at radius 2 is 1.64 bits per heavy atom. The molecule has 2 atom stereocenters. The zero-order chi connectivity index (χ0) is 28.0. The zero-order valence-electron chi connectivity index (χ0n) is 23.0. The summed E-state index contributed by atoms with van der Waals surface area (Å²) in [6, 6.07) is 18.1. The monoisotopic (exact) mass is 530 g/mol. The molecule has 3 amide bonds. The summed E-state index contributed by atoms with van der Waals surface area (Å²) in [7, 11) is 0. The van der Waals surface area contributed by atoms with Gasteiger partial charge in [-0.1, -0.05) is 30.3 Å². The molecule has 0 aromatic heterocycles. The third-order valence-electron chi connectivity index (χ3n) is 7.59. The number of likely N-dealkylation sites (tertiary alicyclic amines) is 1. The molecule has 39 heavy (non-hydrogen) atoms. The van der Waals surface area contributed by atoms with Crippen LogP contribution in [0.2, 0.25) is 0 Å². The van der Waals surface area contributed by atoms with E-state index in [1.807, 2.05) is 51.1 Å². The first-order valence-corrected chi connectivity index (χ1v) is 13.8. The van der Waals surface area contributed by atoms with E-state index in [1.165, 1.54) is 0 Å². The first-order valence-electron chi connectivity index (χ1n) is 13.8. The van der Waals surface area contributed by atoms with Gasteiger partial charge in [0.2, 0.25) is 11.8 Å². The number of nitriles is 1. The molecule has 2 fully saturated rings. The summed E-state index contributed by atoms with van der Waals surface area (Å²) in [5, 5.41) is 14.9. The maximum atomic E-state index is 13.8. The van der Waals surface area contributed by atoms with Gasteiger partial charge in [0.15, 0.2) is 0 Å². The summed E-state index contributed by atoms with van der Waals surface area (Å²) in [6.45, 7) is 6.57. The molecule has 4 rings (SSSR count). The van der Waals surface area contributed by atoms with E-state index in [-0.39, 0.29) is 23.7 Å². The predicted octanol–water partition coefficient (Wildman–Crippen LogP) is 5.21. The number of nitrogens with zero attached hydrogens (tertiary/aromatic N) is 2. The molecule has 2 aromatic carbocycles. The number of benzene rings is 2. The molecule has 206 valence electrons. The lowest BCUT2D eigenvalue weighted by molar-refractivity contribution is -0.141. The number of amides is 3. The minimum absolute atomic E-state index is 0.0342. The van der Waals surface area contributed by atoms with Crippen LogP contribution >= 0.6 is 0 Å². The van der Waals surface area contributed by atoms with Crippen molar-refractivity contribution in [1.29, 1.82) is 5.26 Å². The van der Waals surface area contributed by atoms with Gasteiger partial charge in [-0.2, -0.15) is 5.26 Å². The minimum Gasteiger partial charge on any atom is -0.444 e. The lowest BCUT2D eigenvalue weighted by atomic mass is 9.81. The third-order valence-corrected chi connectivity index (χ3v) is 7.59. The van der Waals surface area contributed by atoms with Gasteiger partial charge in [-0.05, 0) is 88.6 Å². The molecule has 8 heteroatoms. The van der Waals surface area contributed by atoms with Crippen LogP contribution in [-0.2, 0) is 14.3 Å². The van der Waals surface area contributed by atoms with Crippen molar-refractivity contribution < 1.29 is 19.1 Å². The number of carbonyl (C=O) groups excluding carboxylic acids is 3. The van der Waals surface area contributed by atoms with Gasteiger partial charge in [0.05, 0.1) is 11.6 Å². The molecule has 1 saturated carbocycles. The smallest absolute Gasteiger partial charge is 0.407 e. The van der Waals surface area contributed by atoms with Crippen LogP contribution in [0, 0.1) is 23.2 Å². The maximum Gasteiger partial charge on any atom is 0.407 e. The summed E-state index contributed by atoms with van der Waals surface area (Å²) in [5.74, 6) is -0.111. The van der Waals surface area contributed by atoms with Crippen LogP contribution in [0.15, 0.2) is 54.6 Å². The van der Waals surface area contributed by atoms with Gasteiger partial charge in [-0.25, -0.2) is 4.79 Å². The van der Waals surface area contributed by atoms with Crippen LogP contribution in [0.4, 0.5) is 10.5 Å². The fraction of sp³-hybridized carbons (Fsp3) is 0.484. The molecule has 0 radical (unpaired) electrons. The topological polar surface area (TPSA) is 112 Å². The van der Waals surface area contributed by atoms with Crippen molar-refractivity contribution in [2.75, 3.05) is 18.4 Å². The molecule has 1 heterocycles. The van der Waals surface area contributed by atoms with Crippen LogP contribution in [0.1, 0.15) is 69.9 Å². The average Bonchev–Trinajstić information content (AvgIpc) is 3.37. The Kier molecular flexibility index (Phi) is 8.90. The van der Waals surface area contributed by atoms with E-state index in [0.717, 1.165) is 37.7 Å². The Bertz CT molecular complexity index is 1190. The molecule has 0 spiro atoms. The Morgan fingerprint density at radius 1 is 0.974 bits per heavy atom. The quantitative estimate of drug-likeness (QED) is 0.532. The summed E-state index contributed by atoms with van der Waals surface area (Å²) in [6.07, 6.45) is 3.44. The van der Waals surface area contributed by atoms with Crippen molar-refractivity contribution in [2.45, 2.75) is 70.4 Å². The van der Waals surface area contributed by atoms with Gasteiger partial charge in [-0.15, -0.1) is 0 Å². The van der Waals surface area contributed by atoms with E-state index in [4.69, 9.17) is 10.00 Å². The second-order valence-electron chi connectivity index (χ2n) is 11.6. The average molecular weight is 531 g/mol. The second-order valence-corrected chi connectivity index (χ2v) is 11.6. The Hall–Kier alpha value is -3.86. The summed E-state index contributed by atoms with van der Waals surface area (Å²) >= 11 is 0.